The third-order valence-corrected chi connectivity index (χ3v) is 5.35. The molecule has 0 saturated heterocycles. The number of aryl methyl sites for hydroxylation is 1. The summed E-state index contributed by atoms with van der Waals surface area (Å²) in [6.07, 6.45) is 10.2. The molecule has 1 aliphatic carbocycles. The highest BCUT2D eigenvalue weighted by Crippen LogP contribution is 2.35. The normalized spacial score (nSPS) is 24.3. The number of aromatic nitrogens is 3. The Morgan fingerprint density at radius 1 is 1.14 bits per heavy atom. The molecule has 21 heavy (non-hydrogen) atoms. The lowest BCUT2D eigenvalue weighted by Gasteiger charge is -2.35. The molecule has 0 bridgehead atoms. The lowest BCUT2D eigenvalue weighted by Crippen LogP contribution is -2.37. The monoisotopic (exact) mass is 290 g/mol. The van der Waals surface area contributed by atoms with Crippen molar-refractivity contribution >= 4 is 0 Å². The summed E-state index contributed by atoms with van der Waals surface area (Å²) in [7, 11) is 0. The molecule has 1 atom stereocenters. The standard InChI is InChI=1S/C17H30N4/c1-13(18-14-8-10-17(2,3)11-9-14)16-20-19-15-7-5-4-6-12-21(15)16/h13-14,18H,4-12H2,1-3H3. The molecule has 1 saturated carbocycles. The Morgan fingerprint density at radius 2 is 1.90 bits per heavy atom. The van der Waals surface area contributed by atoms with Crippen molar-refractivity contribution in [2.45, 2.75) is 90.8 Å². The van der Waals surface area contributed by atoms with Gasteiger partial charge >= 0.3 is 0 Å². The maximum atomic E-state index is 4.48. The molecule has 1 N–H and O–H groups in total. The summed E-state index contributed by atoms with van der Waals surface area (Å²) in [5, 5.41) is 12.7. The van der Waals surface area contributed by atoms with Crippen LogP contribution >= 0.6 is 0 Å². The van der Waals surface area contributed by atoms with Gasteiger partial charge in [-0.2, -0.15) is 0 Å². The molecule has 118 valence electrons. The molecule has 4 nitrogen and oxygen atoms in total. The number of fused-ring (bicyclic) bond motifs is 1. The molecule has 0 amide bonds. The molecule has 0 aromatic carbocycles. The van der Waals surface area contributed by atoms with Crippen molar-refractivity contribution in [1.29, 1.82) is 0 Å². The third kappa shape index (κ3) is 3.47. The fraction of sp³-hybridized carbons (Fsp3) is 0.882. The van der Waals surface area contributed by atoms with Gasteiger partial charge in [-0.15, -0.1) is 10.2 Å². The predicted molar refractivity (Wildman–Crippen MR) is 85.2 cm³/mol. The van der Waals surface area contributed by atoms with E-state index in [2.05, 4.69) is 40.9 Å². The first-order valence-corrected chi connectivity index (χ1v) is 8.73. The molecule has 4 heteroatoms. The van der Waals surface area contributed by atoms with Gasteiger partial charge in [0.25, 0.3) is 0 Å². The highest BCUT2D eigenvalue weighted by molar-refractivity contribution is 5.02. The minimum Gasteiger partial charge on any atom is -0.314 e. The first-order valence-electron chi connectivity index (χ1n) is 8.73. The van der Waals surface area contributed by atoms with Gasteiger partial charge in [0.2, 0.25) is 0 Å². The average Bonchev–Trinajstić information content (AvgIpc) is 2.70. The van der Waals surface area contributed by atoms with E-state index in [4.69, 9.17) is 0 Å². The molecular weight excluding hydrogens is 260 g/mol. The molecule has 1 fully saturated rings. The number of nitrogens with zero attached hydrogens (tertiary/aromatic N) is 3. The fourth-order valence-electron chi connectivity index (χ4n) is 3.82. The van der Waals surface area contributed by atoms with Crippen LogP contribution in [0.2, 0.25) is 0 Å². The zero-order valence-corrected chi connectivity index (χ0v) is 13.9. The van der Waals surface area contributed by atoms with Crippen LogP contribution in [0.25, 0.3) is 0 Å². The summed E-state index contributed by atoms with van der Waals surface area (Å²) in [6.45, 7) is 8.14. The van der Waals surface area contributed by atoms with E-state index in [0.29, 0.717) is 17.5 Å². The second-order valence-electron chi connectivity index (χ2n) is 7.76. The van der Waals surface area contributed by atoms with Gasteiger partial charge in [-0.25, -0.2) is 0 Å². The van der Waals surface area contributed by atoms with E-state index >= 15 is 0 Å². The molecule has 1 aliphatic heterocycles. The van der Waals surface area contributed by atoms with Crippen LogP contribution in [-0.4, -0.2) is 20.8 Å². The molecule has 0 radical (unpaired) electrons. The van der Waals surface area contributed by atoms with Crippen molar-refractivity contribution in [3.05, 3.63) is 11.6 Å². The average molecular weight is 290 g/mol. The van der Waals surface area contributed by atoms with Crippen LogP contribution in [0.1, 0.15) is 83.4 Å². The van der Waals surface area contributed by atoms with Crippen molar-refractivity contribution < 1.29 is 0 Å². The van der Waals surface area contributed by atoms with E-state index in [1.54, 1.807) is 0 Å². The van der Waals surface area contributed by atoms with Gasteiger partial charge in [0, 0.05) is 19.0 Å². The van der Waals surface area contributed by atoms with Crippen LogP contribution in [-0.2, 0) is 13.0 Å². The van der Waals surface area contributed by atoms with Crippen LogP contribution in [0.4, 0.5) is 0 Å². The summed E-state index contributed by atoms with van der Waals surface area (Å²) >= 11 is 0. The zero-order chi connectivity index (χ0) is 14.9. The van der Waals surface area contributed by atoms with Gasteiger partial charge < -0.3 is 9.88 Å². The van der Waals surface area contributed by atoms with Gasteiger partial charge in [0.15, 0.2) is 0 Å². The smallest absolute Gasteiger partial charge is 0.149 e. The highest BCUT2D eigenvalue weighted by atomic mass is 15.3. The highest BCUT2D eigenvalue weighted by Gasteiger charge is 2.28. The minimum atomic E-state index is 0.315. The Kier molecular flexibility index (Phi) is 4.34. The number of hydrogen-bond donors (Lipinski definition) is 1. The van der Waals surface area contributed by atoms with Crippen LogP contribution in [0.5, 0.6) is 0 Å². The largest absolute Gasteiger partial charge is 0.314 e. The summed E-state index contributed by atoms with van der Waals surface area (Å²) in [5.74, 6) is 2.35. The Balaban J connectivity index is 1.63. The van der Waals surface area contributed by atoms with E-state index in [9.17, 15) is 0 Å². The Morgan fingerprint density at radius 3 is 2.67 bits per heavy atom. The van der Waals surface area contributed by atoms with Gasteiger partial charge in [-0.3, -0.25) is 0 Å². The van der Waals surface area contributed by atoms with E-state index in [1.165, 1.54) is 50.8 Å². The lowest BCUT2D eigenvalue weighted by molar-refractivity contribution is 0.198. The minimum absolute atomic E-state index is 0.315. The molecule has 2 aliphatic rings. The number of rotatable bonds is 3. The fourth-order valence-corrected chi connectivity index (χ4v) is 3.82. The molecular formula is C17H30N4. The van der Waals surface area contributed by atoms with Crippen LogP contribution in [0.3, 0.4) is 0 Å². The van der Waals surface area contributed by atoms with Crippen LogP contribution < -0.4 is 5.32 Å². The van der Waals surface area contributed by atoms with Crippen molar-refractivity contribution in [2.75, 3.05) is 0 Å². The second-order valence-corrected chi connectivity index (χ2v) is 7.76. The summed E-state index contributed by atoms with van der Waals surface area (Å²) < 4.78 is 2.37. The third-order valence-electron chi connectivity index (χ3n) is 5.35. The molecule has 1 aromatic rings. The van der Waals surface area contributed by atoms with Crippen molar-refractivity contribution in [2.24, 2.45) is 5.41 Å². The van der Waals surface area contributed by atoms with Crippen LogP contribution in [0, 0.1) is 5.41 Å². The molecule has 3 rings (SSSR count). The first-order chi connectivity index (χ1) is 10.1. The van der Waals surface area contributed by atoms with Gasteiger partial charge in [0.05, 0.1) is 6.04 Å². The van der Waals surface area contributed by atoms with Crippen molar-refractivity contribution in [1.82, 2.24) is 20.1 Å². The zero-order valence-electron chi connectivity index (χ0n) is 13.9. The Labute approximate surface area is 128 Å². The first kappa shape index (κ1) is 15.0. The Bertz CT molecular complexity index is 467. The van der Waals surface area contributed by atoms with E-state index in [-0.39, 0.29) is 0 Å². The van der Waals surface area contributed by atoms with E-state index in [1.807, 2.05) is 0 Å². The molecule has 2 heterocycles. The summed E-state index contributed by atoms with van der Waals surface area (Å²) in [4.78, 5) is 0. The SMILES string of the molecule is CC(NC1CCC(C)(C)CC1)c1nnc2n1CCCCC2. The van der Waals surface area contributed by atoms with Crippen molar-refractivity contribution in [3.8, 4) is 0 Å². The molecule has 1 aromatic heterocycles. The van der Waals surface area contributed by atoms with E-state index in [0.717, 1.165) is 18.8 Å². The van der Waals surface area contributed by atoms with Crippen molar-refractivity contribution in [3.63, 3.8) is 0 Å². The maximum Gasteiger partial charge on any atom is 0.149 e. The topological polar surface area (TPSA) is 42.7 Å². The lowest BCUT2D eigenvalue weighted by atomic mass is 9.75. The summed E-state index contributed by atoms with van der Waals surface area (Å²) in [6, 6.07) is 0.960. The van der Waals surface area contributed by atoms with E-state index < -0.39 is 0 Å². The predicted octanol–water partition coefficient (Wildman–Crippen LogP) is 3.62. The summed E-state index contributed by atoms with van der Waals surface area (Å²) in [5.41, 5.74) is 0.535. The second kappa shape index (κ2) is 6.07. The van der Waals surface area contributed by atoms with Gasteiger partial charge in [0.1, 0.15) is 11.6 Å². The van der Waals surface area contributed by atoms with Crippen LogP contribution in [0.15, 0.2) is 0 Å². The maximum absolute atomic E-state index is 4.48. The van der Waals surface area contributed by atoms with Gasteiger partial charge in [-0.1, -0.05) is 20.3 Å². The number of hydrogen-bond acceptors (Lipinski definition) is 3. The number of nitrogens with one attached hydrogen (secondary N) is 1. The van der Waals surface area contributed by atoms with Gasteiger partial charge in [-0.05, 0) is 50.9 Å². The Hall–Kier alpha value is -0.900. The molecule has 1 unspecified atom stereocenters. The quantitative estimate of drug-likeness (QED) is 0.924. The molecule has 0 spiro atoms.